The minimum Gasteiger partial charge on any atom is -0.490 e. The Balaban J connectivity index is 1.72. The highest BCUT2D eigenvalue weighted by molar-refractivity contribution is 9.10. The van der Waals surface area contributed by atoms with Crippen LogP contribution in [0.1, 0.15) is 27.6 Å². The first-order valence-electron chi connectivity index (χ1n) is 9.94. The van der Waals surface area contributed by atoms with Crippen LogP contribution < -0.4 is 15.6 Å². The lowest BCUT2D eigenvalue weighted by atomic mass is 10.0. The number of hydrogen-bond acceptors (Lipinski definition) is 7. The number of halogens is 1. The summed E-state index contributed by atoms with van der Waals surface area (Å²) in [5, 5.41) is 13.7. The van der Waals surface area contributed by atoms with Crippen molar-refractivity contribution in [2.24, 2.45) is 0 Å². The zero-order valence-corrected chi connectivity index (χ0v) is 20.1. The predicted molar refractivity (Wildman–Crippen MR) is 130 cm³/mol. The van der Waals surface area contributed by atoms with Gasteiger partial charge in [-0.3, -0.25) is 10.2 Å². The van der Waals surface area contributed by atoms with E-state index in [1.165, 1.54) is 18.4 Å². The zero-order valence-electron chi connectivity index (χ0n) is 17.7. The number of para-hydroxylation sites is 1. The fraction of sp³-hybridized carbons (Fsp3) is 0.125. The molecule has 33 heavy (non-hydrogen) atoms. The van der Waals surface area contributed by atoms with Crippen LogP contribution in [-0.2, 0) is 4.74 Å². The molecule has 0 unspecified atom stereocenters. The smallest absolute Gasteiger partial charge is 0.341 e. The zero-order chi connectivity index (χ0) is 23.5. The van der Waals surface area contributed by atoms with Crippen LogP contribution in [0.25, 0.3) is 22.1 Å². The highest BCUT2D eigenvalue weighted by Gasteiger charge is 2.24. The van der Waals surface area contributed by atoms with Crippen LogP contribution in [0.3, 0.4) is 0 Å². The van der Waals surface area contributed by atoms with Gasteiger partial charge in [0, 0.05) is 20.8 Å². The molecule has 0 bridgehead atoms. The largest absolute Gasteiger partial charge is 0.490 e. The number of benzene rings is 2. The van der Waals surface area contributed by atoms with E-state index in [0.717, 1.165) is 10.0 Å². The van der Waals surface area contributed by atoms with Gasteiger partial charge in [-0.05, 0) is 36.8 Å². The molecule has 0 fully saturated rings. The average Bonchev–Trinajstić information content (AvgIpc) is 3.22. The first-order chi connectivity index (χ1) is 15.9. The number of methoxy groups -OCH3 is 1. The summed E-state index contributed by atoms with van der Waals surface area (Å²) in [4.78, 5) is 25.6. The molecular weight excluding hydrogens is 508 g/mol. The molecule has 0 aliphatic heterocycles. The second-order valence-corrected chi connectivity index (χ2v) is 8.70. The molecule has 4 rings (SSSR count). The maximum atomic E-state index is 13.1. The van der Waals surface area contributed by atoms with E-state index in [4.69, 9.17) is 19.3 Å². The molecule has 2 N–H and O–H groups in total. The first-order valence-corrected chi connectivity index (χ1v) is 11.6. The summed E-state index contributed by atoms with van der Waals surface area (Å²) in [6, 6.07) is 14.3. The number of hydrogen-bond donors (Lipinski definition) is 2. The number of thiophene rings is 1. The van der Waals surface area contributed by atoms with Crippen molar-refractivity contribution >= 4 is 55.1 Å². The van der Waals surface area contributed by atoms with Crippen LogP contribution in [0.5, 0.6) is 5.75 Å². The SMILES string of the molecule is CCOc1cccc2cc(C(=O)Nc3scc(-c4ccc(Br)cc4)c3C(=O)OC)c(=N)oc12. The van der Waals surface area contributed by atoms with Gasteiger partial charge in [0.1, 0.15) is 16.1 Å². The lowest BCUT2D eigenvalue weighted by Crippen LogP contribution is -2.21. The number of amides is 1. The molecule has 0 atom stereocenters. The Morgan fingerprint density at radius 3 is 2.64 bits per heavy atom. The number of carbonyl (C=O) groups is 2. The van der Waals surface area contributed by atoms with Crippen LogP contribution in [0, 0.1) is 5.41 Å². The Morgan fingerprint density at radius 1 is 1.18 bits per heavy atom. The van der Waals surface area contributed by atoms with Crippen molar-refractivity contribution in [1.29, 1.82) is 5.41 Å². The molecule has 1 amide bonds. The fourth-order valence-electron chi connectivity index (χ4n) is 3.34. The van der Waals surface area contributed by atoms with Gasteiger partial charge in [0.05, 0.1) is 13.7 Å². The van der Waals surface area contributed by atoms with Gasteiger partial charge < -0.3 is 19.2 Å². The minimum atomic E-state index is -0.569. The summed E-state index contributed by atoms with van der Waals surface area (Å²) in [7, 11) is 1.29. The molecule has 0 aliphatic rings. The van der Waals surface area contributed by atoms with Crippen LogP contribution >= 0.6 is 27.3 Å². The molecule has 0 spiro atoms. The van der Waals surface area contributed by atoms with Crippen LogP contribution in [0.4, 0.5) is 5.00 Å². The Hall–Kier alpha value is -3.43. The molecule has 2 heterocycles. The van der Waals surface area contributed by atoms with Crippen LogP contribution in [0.15, 0.2) is 62.8 Å². The standard InChI is InChI=1S/C24H19BrN2O5S/c1-3-31-18-6-4-5-14-11-16(21(26)32-20(14)18)22(28)27-23-19(24(29)30-2)17(12-33-23)13-7-9-15(25)10-8-13/h4-12,26H,3H2,1-2H3,(H,27,28). The van der Waals surface area contributed by atoms with E-state index in [-0.39, 0.29) is 16.7 Å². The number of rotatable bonds is 6. The summed E-state index contributed by atoms with van der Waals surface area (Å²) >= 11 is 4.60. The van der Waals surface area contributed by atoms with E-state index >= 15 is 0 Å². The molecule has 0 saturated heterocycles. The number of fused-ring (bicyclic) bond motifs is 1. The molecule has 168 valence electrons. The molecule has 9 heteroatoms. The monoisotopic (exact) mass is 526 g/mol. The summed E-state index contributed by atoms with van der Waals surface area (Å²) in [6.07, 6.45) is 0. The van der Waals surface area contributed by atoms with Gasteiger partial charge in [0.15, 0.2) is 11.3 Å². The van der Waals surface area contributed by atoms with Crippen molar-refractivity contribution in [2.45, 2.75) is 6.92 Å². The van der Waals surface area contributed by atoms with Crippen LogP contribution in [-0.4, -0.2) is 25.6 Å². The van der Waals surface area contributed by atoms with Gasteiger partial charge in [0.25, 0.3) is 5.91 Å². The Labute approximate surface area is 201 Å². The first kappa shape index (κ1) is 22.8. The van der Waals surface area contributed by atoms with Crippen molar-refractivity contribution in [3.05, 3.63) is 75.1 Å². The highest BCUT2D eigenvalue weighted by Crippen LogP contribution is 2.37. The van der Waals surface area contributed by atoms with Gasteiger partial charge in [0.2, 0.25) is 5.55 Å². The lowest BCUT2D eigenvalue weighted by Gasteiger charge is -2.10. The van der Waals surface area contributed by atoms with Crippen molar-refractivity contribution in [1.82, 2.24) is 0 Å². The molecule has 0 saturated carbocycles. The quantitative estimate of drug-likeness (QED) is 0.307. The Kier molecular flexibility index (Phi) is 6.62. The molecule has 7 nitrogen and oxygen atoms in total. The van der Waals surface area contributed by atoms with E-state index < -0.39 is 11.9 Å². The van der Waals surface area contributed by atoms with E-state index in [1.54, 1.807) is 29.6 Å². The molecule has 0 aliphatic carbocycles. The normalized spacial score (nSPS) is 10.8. The minimum absolute atomic E-state index is 0.0329. The third-order valence-electron chi connectivity index (χ3n) is 4.87. The summed E-state index contributed by atoms with van der Waals surface area (Å²) in [5.74, 6) is -0.636. The topological polar surface area (TPSA) is 102 Å². The van der Waals surface area contributed by atoms with E-state index in [1.807, 2.05) is 31.2 Å². The lowest BCUT2D eigenvalue weighted by molar-refractivity contribution is 0.0603. The molecule has 4 aromatic rings. The average molecular weight is 527 g/mol. The second-order valence-electron chi connectivity index (χ2n) is 6.90. The Bertz CT molecular complexity index is 1410. The summed E-state index contributed by atoms with van der Waals surface area (Å²) in [5.41, 5.74) is 1.82. The molecular formula is C24H19BrN2O5S. The maximum absolute atomic E-state index is 13.1. The van der Waals surface area contributed by atoms with Crippen molar-refractivity contribution in [2.75, 3.05) is 19.0 Å². The number of anilines is 1. The number of carbonyl (C=O) groups excluding carboxylic acids is 2. The number of esters is 1. The van der Waals surface area contributed by atoms with Gasteiger partial charge in [-0.1, -0.05) is 40.2 Å². The third kappa shape index (κ3) is 4.55. The van der Waals surface area contributed by atoms with Gasteiger partial charge in [-0.15, -0.1) is 11.3 Å². The van der Waals surface area contributed by atoms with E-state index in [0.29, 0.717) is 33.9 Å². The number of nitrogens with one attached hydrogen (secondary N) is 2. The fourth-order valence-corrected chi connectivity index (χ4v) is 4.56. The highest BCUT2D eigenvalue weighted by atomic mass is 79.9. The number of ether oxygens (including phenoxy) is 2. The van der Waals surface area contributed by atoms with Gasteiger partial charge in [-0.2, -0.15) is 0 Å². The second kappa shape index (κ2) is 9.60. The molecule has 0 radical (unpaired) electrons. The predicted octanol–water partition coefficient (Wildman–Crippen LogP) is 5.84. The summed E-state index contributed by atoms with van der Waals surface area (Å²) in [6.45, 7) is 2.30. The van der Waals surface area contributed by atoms with Gasteiger partial charge in [-0.25, -0.2) is 4.79 Å². The van der Waals surface area contributed by atoms with Gasteiger partial charge >= 0.3 is 5.97 Å². The van der Waals surface area contributed by atoms with E-state index in [2.05, 4.69) is 21.2 Å². The van der Waals surface area contributed by atoms with Crippen molar-refractivity contribution in [3.8, 4) is 16.9 Å². The van der Waals surface area contributed by atoms with Crippen molar-refractivity contribution in [3.63, 3.8) is 0 Å². The maximum Gasteiger partial charge on any atom is 0.341 e. The summed E-state index contributed by atoms with van der Waals surface area (Å²) < 4.78 is 17.0. The van der Waals surface area contributed by atoms with Crippen LogP contribution in [0.2, 0.25) is 0 Å². The molecule has 2 aromatic heterocycles. The molecule has 2 aromatic carbocycles. The third-order valence-corrected chi connectivity index (χ3v) is 6.29. The van der Waals surface area contributed by atoms with E-state index in [9.17, 15) is 9.59 Å². The Morgan fingerprint density at radius 2 is 1.94 bits per heavy atom. The van der Waals surface area contributed by atoms with Crippen molar-refractivity contribution < 1.29 is 23.5 Å².